The van der Waals surface area contributed by atoms with Crippen LogP contribution < -0.4 is 11.1 Å². The zero-order chi connectivity index (χ0) is 18.1. The van der Waals surface area contributed by atoms with Crippen LogP contribution in [0.3, 0.4) is 0 Å². The fraction of sp³-hybridized carbons (Fsp3) is 0.211. The number of fused-ring (bicyclic) bond motifs is 1. The zero-order valence-corrected chi connectivity index (χ0v) is 15.1. The Morgan fingerprint density at radius 3 is 3.04 bits per heavy atom. The van der Waals surface area contributed by atoms with Crippen LogP contribution in [0.5, 0.6) is 0 Å². The normalized spacial score (nSPS) is 20.0. The average molecular weight is 365 g/mol. The number of aliphatic imine (C=N–C) groups is 1. The summed E-state index contributed by atoms with van der Waals surface area (Å²) < 4.78 is 0. The Kier molecular flexibility index (Phi) is 4.16. The average Bonchev–Trinajstić information content (AvgIpc) is 3.09. The van der Waals surface area contributed by atoms with Crippen LogP contribution in [0, 0.1) is 0 Å². The van der Waals surface area contributed by atoms with Gasteiger partial charge >= 0.3 is 0 Å². The molecule has 1 aliphatic heterocycles. The van der Waals surface area contributed by atoms with Crippen molar-refractivity contribution in [2.75, 3.05) is 11.1 Å². The smallest absolute Gasteiger partial charge is 0.255 e. The predicted octanol–water partition coefficient (Wildman–Crippen LogP) is 3.48. The van der Waals surface area contributed by atoms with E-state index in [0.717, 1.165) is 34.5 Å². The Bertz CT molecular complexity index is 1010. The van der Waals surface area contributed by atoms with E-state index < -0.39 is 0 Å². The first-order valence-electron chi connectivity index (χ1n) is 8.37. The van der Waals surface area contributed by atoms with Crippen molar-refractivity contribution < 1.29 is 4.79 Å². The number of aromatic nitrogens is 2. The first-order valence-corrected chi connectivity index (χ1v) is 9.35. The van der Waals surface area contributed by atoms with Gasteiger partial charge in [-0.1, -0.05) is 23.9 Å². The molecule has 1 aliphatic rings. The van der Waals surface area contributed by atoms with Gasteiger partial charge in [0, 0.05) is 17.0 Å². The number of nitrogens with two attached hydrogens (primary N) is 1. The number of imidazole rings is 1. The molecule has 1 atom stereocenters. The molecule has 2 aromatic carbocycles. The highest BCUT2D eigenvalue weighted by atomic mass is 32.2. The van der Waals surface area contributed by atoms with Crippen LogP contribution >= 0.6 is 11.8 Å². The predicted molar refractivity (Wildman–Crippen MR) is 107 cm³/mol. The van der Waals surface area contributed by atoms with Crippen LogP contribution in [0.15, 0.2) is 53.8 Å². The van der Waals surface area contributed by atoms with E-state index in [-0.39, 0.29) is 11.4 Å². The van der Waals surface area contributed by atoms with Crippen molar-refractivity contribution in [3.63, 3.8) is 0 Å². The third-order valence-electron chi connectivity index (χ3n) is 4.62. The number of hydrogen-bond acceptors (Lipinski definition) is 5. The van der Waals surface area contributed by atoms with E-state index in [4.69, 9.17) is 5.73 Å². The van der Waals surface area contributed by atoms with Gasteiger partial charge in [-0.05, 0) is 49.2 Å². The second-order valence-corrected chi connectivity index (χ2v) is 7.61. The van der Waals surface area contributed by atoms with Crippen LogP contribution in [-0.2, 0) is 5.54 Å². The van der Waals surface area contributed by atoms with Gasteiger partial charge in [-0.25, -0.2) is 4.98 Å². The highest BCUT2D eigenvalue weighted by Gasteiger charge is 2.29. The first-order chi connectivity index (χ1) is 12.5. The van der Waals surface area contributed by atoms with Gasteiger partial charge in [-0.15, -0.1) is 0 Å². The Balaban J connectivity index is 1.58. The molecular weight excluding hydrogens is 346 g/mol. The summed E-state index contributed by atoms with van der Waals surface area (Å²) >= 11 is 1.58. The Morgan fingerprint density at radius 2 is 2.19 bits per heavy atom. The Labute approximate surface area is 155 Å². The minimum absolute atomic E-state index is 0.167. The van der Waals surface area contributed by atoms with Crippen molar-refractivity contribution in [1.82, 2.24) is 9.97 Å². The summed E-state index contributed by atoms with van der Waals surface area (Å²) in [6.45, 7) is 2.08. The summed E-state index contributed by atoms with van der Waals surface area (Å²) in [6.07, 6.45) is 2.52. The molecule has 3 aromatic rings. The van der Waals surface area contributed by atoms with E-state index in [1.54, 1.807) is 30.2 Å². The Morgan fingerprint density at radius 1 is 1.31 bits per heavy atom. The summed E-state index contributed by atoms with van der Waals surface area (Å²) in [6, 6.07) is 13.2. The molecule has 0 radical (unpaired) electrons. The molecule has 1 amide bonds. The number of nitrogens with zero attached hydrogens (tertiary/aromatic N) is 2. The van der Waals surface area contributed by atoms with Gasteiger partial charge in [0.1, 0.15) is 0 Å². The monoisotopic (exact) mass is 365 g/mol. The van der Waals surface area contributed by atoms with Crippen molar-refractivity contribution in [2.45, 2.75) is 18.9 Å². The summed E-state index contributed by atoms with van der Waals surface area (Å²) in [7, 11) is 0. The van der Waals surface area contributed by atoms with Gasteiger partial charge in [-0.2, -0.15) is 0 Å². The number of amidine groups is 1. The minimum atomic E-state index is -0.357. The molecule has 4 rings (SSSR count). The molecule has 4 N–H and O–H groups in total. The molecule has 0 saturated heterocycles. The SMILES string of the molecule is CC1(c2cccc(NC(=O)c3ccc4[nH]cnc4c3)c2)CCSC(N)=N1. The zero-order valence-electron chi connectivity index (χ0n) is 14.3. The van der Waals surface area contributed by atoms with Gasteiger partial charge in [0.2, 0.25) is 0 Å². The van der Waals surface area contributed by atoms with Crippen molar-refractivity contribution >= 4 is 39.6 Å². The minimum Gasteiger partial charge on any atom is -0.379 e. The number of amides is 1. The molecule has 0 bridgehead atoms. The van der Waals surface area contributed by atoms with Crippen molar-refractivity contribution in [3.05, 3.63) is 59.9 Å². The van der Waals surface area contributed by atoms with Crippen LogP contribution in [0.25, 0.3) is 11.0 Å². The number of hydrogen-bond donors (Lipinski definition) is 3. The molecule has 132 valence electrons. The number of rotatable bonds is 3. The number of anilines is 1. The molecule has 0 saturated carbocycles. The van der Waals surface area contributed by atoms with E-state index >= 15 is 0 Å². The highest BCUT2D eigenvalue weighted by Crippen LogP contribution is 2.35. The van der Waals surface area contributed by atoms with Crippen LogP contribution in [0.2, 0.25) is 0 Å². The van der Waals surface area contributed by atoms with Gasteiger partial charge < -0.3 is 16.0 Å². The lowest BCUT2D eigenvalue weighted by Gasteiger charge is -2.30. The summed E-state index contributed by atoms with van der Waals surface area (Å²) in [5.41, 5.74) is 9.58. The fourth-order valence-electron chi connectivity index (χ4n) is 3.10. The maximum Gasteiger partial charge on any atom is 0.255 e. The molecule has 0 fully saturated rings. The number of aromatic amines is 1. The number of H-pyrrole nitrogens is 1. The highest BCUT2D eigenvalue weighted by molar-refractivity contribution is 8.13. The summed E-state index contributed by atoms with van der Waals surface area (Å²) in [5.74, 6) is 0.769. The van der Waals surface area contributed by atoms with Gasteiger partial charge in [-0.3, -0.25) is 9.79 Å². The van der Waals surface area contributed by atoms with Crippen molar-refractivity contribution in [2.24, 2.45) is 10.7 Å². The fourth-order valence-corrected chi connectivity index (χ4v) is 4.08. The molecular formula is C19H19N5OS. The molecule has 26 heavy (non-hydrogen) atoms. The van der Waals surface area contributed by atoms with Gasteiger partial charge in [0.15, 0.2) is 5.17 Å². The first kappa shape index (κ1) is 16.7. The Hall–Kier alpha value is -2.80. The van der Waals surface area contributed by atoms with Crippen LogP contribution in [-0.4, -0.2) is 26.8 Å². The van der Waals surface area contributed by atoms with Crippen LogP contribution in [0.4, 0.5) is 5.69 Å². The number of carbonyl (C=O) groups excluding carboxylic acids is 1. The molecule has 0 spiro atoms. The van der Waals surface area contributed by atoms with E-state index in [9.17, 15) is 4.79 Å². The van der Waals surface area contributed by atoms with E-state index in [2.05, 4.69) is 27.2 Å². The number of benzene rings is 2. The van der Waals surface area contributed by atoms with E-state index in [1.165, 1.54) is 0 Å². The van der Waals surface area contributed by atoms with Gasteiger partial charge in [0.25, 0.3) is 5.91 Å². The second kappa shape index (κ2) is 6.49. The number of nitrogens with one attached hydrogen (secondary N) is 2. The van der Waals surface area contributed by atoms with Crippen LogP contribution in [0.1, 0.15) is 29.3 Å². The lowest BCUT2D eigenvalue weighted by Crippen LogP contribution is -2.28. The number of thioether (sulfide) groups is 1. The quantitative estimate of drug-likeness (QED) is 0.662. The van der Waals surface area contributed by atoms with Gasteiger partial charge in [0.05, 0.1) is 22.9 Å². The van der Waals surface area contributed by atoms with E-state index in [0.29, 0.717) is 10.7 Å². The molecule has 7 heteroatoms. The topological polar surface area (TPSA) is 96.2 Å². The standard InChI is InChI=1S/C19H19N5OS/c1-19(7-8-26-18(20)24-19)13-3-2-4-14(10-13)23-17(25)12-5-6-15-16(9-12)22-11-21-15/h2-6,9-11H,7-8H2,1H3,(H2,20,24)(H,21,22)(H,23,25). The molecule has 1 aromatic heterocycles. The summed E-state index contributed by atoms with van der Waals surface area (Å²) in [5, 5.41) is 3.57. The van der Waals surface area contributed by atoms with Crippen molar-refractivity contribution in [3.8, 4) is 0 Å². The van der Waals surface area contributed by atoms with Crippen molar-refractivity contribution in [1.29, 1.82) is 0 Å². The van der Waals surface area contributed by atoms with E-state index in [1.807, 2.05) is 30.3 Å². The maximum atomic E-state index is 12.6. The number of carbonyl (C=O) groups is 1. The third-order valence-corrected chi connectivity index (χ3v) is 5.42. The third kappa shape index (κ3) is 3.17. The molecule has 2 heterocycles. The summed E-state index contributed by atoms with van der Waals surface area (Å²) in [4.78, 5) is 24.4. The maximum absolute atomic E-state index is 12.6. The lowest BCUT2D eigenvalue weighted by molar-refractivity contribution is 0.102. The molecule has 6 nitrogen and oxygen atoms in total. The second-order valence-electron chi connectivity index (χ2n) is 6.49. The molecule has 0 aliphatic carbocycles. The largest absolute Gasteiger partial charge is 0.379 e. The molecule has 1 unspecified atom stereocenters. The lowest BCUT2D eigenvalue weighted by atomic mass is 9.89.